The van der Waals surface area contributed by atoms with Gasteiger partial charge in [0, 0.05) is 19.1 Å². The summed E-state index contributed by atoms with van der Waals surface area (Å²) in [5, 5.41) is 5.68. The number of urea groups is 1. The molecule has 2 unspecified atom stereocenters. The van der Waals surface area contributed by atoms with E-state index in [9.17, 15) is 9.59 Å². The van der Waals surface area contributed by atoms with Crippen LogP contribution in [-0.2, 0) is 4.79 Å². The lowest BCUT2D eigenvalue weighted by Crippen LogP contribution is -2.52. The molecule has 102 valence electrons. The van der Waals surface area contributed by atoms with Crippen LogP contribution in [0.1, 0.15) is 39.5 Å². The summed E-state index contributed by atoms with van der Waals surface area (Å²) >= 11 is 0. The van der Waals surface area contributed by atoms with Crippen molar-refractivity contribution in [3.05, 3.63) is 0 Å². The lowest BCUT2D eigenvalue weighted by Gasteiger charge is -2.31. The van der Waals surface area contributed by atoms with Gasteiger partial charge in [0.25, 0.3) is 0 Å². The number of hydrogen-bond acceptors (Lipinski definition) is 2. The minimum Gasteiger partial charge on any atom is -0.352 e. The first kappa shape index (κ1) is 13.2. The molecule has 0 bridgehead atoms. The van der Waals surface area contributed by atoms with E-state index < -0.39 is 6.04 Å². The summed E-state index contributed by atoms with van der Waals surface area (Å²) in [6.45, 7) is 5.49. The summed E-state index contributed by atoms with van der Waals surface area (Å²) in [5.41, 5.74) is 0. The first-order chi connectivity index (χ1) is 8.56. The topological polar surface area (TPSA) is 61.4 Å². The van der Waals surface area contributed by atoms with Gasteiger partial charge in [0.15, 0.2) is 0 Å². The van der Waals surface area contributed by atoms with Crippen molar-refractivity contribution in [2.24, 2.45) is 5.92 Å². The number of hydrogen-bond donors (Lipinski definition) is 2. The van der Waals surface area contributed by atoms with Crippen LogP contribution in [0.4, 0.5) is 4.79 Å². The van der Waals surface area contributed by atoms with Crippen LogP contribution in [0.5, 0.6) is 0 Å². The van der Waals surface area contributed by atoms with E-state index in [2.05, 4.69) is 17.6 Å². The van der Waals surface area contributed by atoms with E-state index in [0.29, 0.717) is 12.0 Å². The SMILES string of the molecule is CC1CCCN(C(=O)NC(C)C(=O)NC2CC2)C1. The van der Waals surface area contributed by atoms with Crippen LogP contribution >= 0.6 is 0 Å². The van der Waals surface area contributed by atoms with Gasteiger partial charge in [-0.15, -0.1) is 0 Å². The van der Waals surface area contributed by atoms with Gasteiger partial charge in [-0.1, -0.05) is 6.92 Å². The van der Waals surface area contributed by atoms with E-state index >= 15 is 0 Å². The highest BCUT2D eigenvalue weighted by Gasteiger charge is 2.28. The molecule has 1 heterocycles. The molecule has 2 N–H and O–H groups in total. The highest BCUT2D eigenvalue weighted by molar-refractivity contribution is 5.87. The Hall–Kier alpha value is -1.26. The molecule has 2 fully saturated rings. The second-order valence-corrected chi connectivity index (χ2v) is 5.65. The quantitative estimate of drug-likeness (QED) is 0.791. The number of nitrogens with one attached hydrogen (secondary N) is 2. The number of rotatable bonds is 3. The van der Waals surface area contributed by atoms with Gasteiger partial charge in [-0.25, -0.2) is 4.79 Å². The van der Waals surface area contributed by atoms with E-state index in [0.717, 1.165) is 32.4 Å². The first-order valence-electron chi connectivity index (χ1n) is 6.92. The summed E-state index contributed by atoms with van der Waals surface area (Å²) in [4.78, 5) is 25.5. The predicted octanol–water partition coefficient (Wildman–Crippen LogP) is 1.09. The second-order valence-electron chi connectivity index (χ2n) is 5.65. The summed E-state index contributed by atoms with van der Waals surface area (Å²) in [5.74, 6) is 0.482. The Morgan fingerprint density at radius 1 is 1.28 bits per heavy atom. The van der Waals surface area contributed by atoms with Gasteiger partial charge in [0.1, 0.15) is 6.04 Å². The van der Waals surface area contributed by atoms with E-state index in [-0.39, 0.29) is 11.9 Å². The van der Waals surface area contributed by atoms with Crippen LogP contribution in [0.3, 0.4) is 0 Å². The normalized spacial score (nSPS) is 25.4. The fourth-order valence-electron chi connectivity index (χ4n) is 2.27. The molecule has 2 rings (SSSR count). The Morgan fingerprint density at radius 2 is 2.00 bits per heavy atom. The highest BCUT2D eigenvalue weighted by Crippen LogP contribution is 2.18. The second kappa shape index (κ2) is 5.59. The number of piperidine rings is 1. The van der Waals surface area contributed by atoms with Crippen LogP contribution < -0.4 is 10.6 Å². The number of likely N-dealkylation sites (tertiary alicyclic amines) is 1. The molecule has 5 heteroatoms. The summed E-state index contributed by atoms with van der Waals surface area (Å²) < 4.78 is 0. The average molecular weight is 253 g/mol. The molecule has 0 aromatic heterocycles. The number of nitrogens with zero attached hydrogens (tertiary/aromatic N) is 1. The minimum absolute atomic E-state index is 0.0732. The third-order valence-corrected chi connectivity index (χ3v) is 3.60. The zero-order chi connectivity index (χ0) is 13.1. The van der Waals surface area contributed by atoms with Crippen LogP contribution in [-0.4, -0.2) is 42.0 Å². The molecule has 1 saturated carbocycles. The van der Waals surface area contributed by atoms with Crippen molar-refractivity contribution in [3.63, 3.8) is 0 Å². The zero-order valence-corrected chi connectivity index (χ0v) is 11.2. The maximum atomic E-state index is 12.0. The maximum absolute atomic E-state index is 12.0. The summed E-state index contributed by atoms with van der Waals surface area (Å²) in [7, 11) is 0. The molecular formula is C13H23N3O2. The van der Waals surface area contributed by atoms with Crippen LogP contribution in [0, 0.1) is 5.92 Å². The van der Waals surface area contributed by atoms with Crippen molar-refractivity contribution in [1.29, 1.82) is 0 Å². The number of amides is 3. The van der Waals surface area contributed by atoms with Crippen molar-refractivity contribution in [2.45, 2.75) is 51.6 Å². The van der Waals surface area contributed by atoms with Gasteiger partial charge in [-0.05, 0) is 38.5 Å². The van der Waals surface area contributed by atoms with E-state index in [4.69, 9.17) is 0 Å². The smallest absolute Gasteiger partial charge is 0.318 e. The molecule has 0 spiro atoms. The molecule has 0 radical (unpaired) electrons. The summed E-state index contributed by atoms with van der Waals surface area (Å²) in [6, 6.07) is -0.220. The first-order valence-corrected chi connectivity index (χ1v) is 6.92. The maximum Gasteiger partial charge on any atom is 0.318 e. The fraction of sp³-hybridized carbons (Fsp3) is 0.846. The number of carbonyl (C=O) groups is 2. The van der Waals surface area contributed by atoms with E-state index in [1.165, 1.54) is 6.42 Å². The Balaban J connectivity index is 1.76. The van der Waals surface area contributed by atoms with Crippen molar-refractivity contribution < 1.29 is 9.59 Å². The minimum atomic E-state index is -0.449. The standard InChI is InChI=1S/C13H23N3O2/c1-9-4-3-7-16(8-9)13(18)14-10(2)12(17)15-11-5-6-11/h9-11H,3-8H2,1-2H3,(H,14,18)(H,15,17). The molecule has 0 aromatic rings. The molecule has 1 aliphatic carbocycles. The van der Waals surface area contributed by atoms with Crippen LogP contribution in [0.2, 0.25) is 0 Å². The molecular weight excluding hydrogens is 230 g/mol. The Labute approximate surface area is 108 Å². The van der Waals surface area contributed by atoms with Crippen LogP contribution in [0.25, 0.3) is 0 Å². The monoisotopic (exact) mass is 253 g/mol. The third kappa shape index (κ3) is 3.62. The molecule has 1 aliphatic heterocycles. The zero-order valence-electron chi connectivity index (χ0n) is 11.2. The molecule has 5 nitrogen and oxygen atoms in total. The van der Waals surface area contributed by atoms with Crippen molar-refractivity contribution in [3.8, 4) is 0 Å². The molecule has 0 aromatic carbocycles. The largest absolute Gasteiger partial charge is 0.352 e. The molecule has 1 saturated heterocycles. The third-order valence-electron chi connectivity index (χ3n) is 3.60. The van der Waals surface area contributed by atoms with Crippen molar-refractivity contribution >= 4 is 11.9 Å². The average Bonchev–Trinajstić information content (AvgIpc) is 3.12. The molecule has 3 amide bonds. The number of carbonyl (C=O) groups excluding carboxylic acids is 2. The molecule has 2 aliphatic rings. The Kier molecular flexibility index (Phi) is 4.09. The van der Waals surface area contributed by atoms with E-state index in [1.807, 2.05) is 4.90 Å². The lowest BCUT2D eigenvalue weighted by atomic mass is 10.0. The Morgan fingerprint density at radius 3 is 2.61 bits per heavy atom. The van der Waals surface area contributed by atoms with Gasteiger partial charge in [-0.2, -0.15) is 0 Å². The predicted molar refractivity (Wildman–Crippen MR) is 69.1 cm³/mol. The Bertz CT molecular complexity index is 328. The molecule has 18 heavy (non-hydrogen) atoms. The summed E-state index contributed by atoms with van der Waals surface area (Å²) in [6.07, 6.45) is 4.37. The van der Waals surface area contributed by atoms with Crippen LogP contribution in [0.15, 0.2) is 0 Å². The fourth-order valence-corrected chi connectivity index (χ4v) is 2.27. The van der Waals surface area contributed by atoms with Crippen molar-refractivity contribution in [2.75, 3.05) is 13.1 Å². The molecule has 2 atom stereocenters. The van der Waals surface area contributed by atoms with Gasteiger partial charge in [-0.3, -0.25) is 4.79 Å². The highest BCUT2D eigenvalue weighted by atomic mass is 16.2. The van der Waals surface area contributed by atoms with Crippen molar-refractivity contribution in [1.82, 2.24) is 15.5 Å². The van der Waals surface area contributed by atoms with Gasteiger partial charge >= 0.3 is 6.03 Å². The van der Waals surface area contributed by atoms with Gasteiger partial charge < -0.3 is 15.5 Å². The van der Waals surface area contributed by atoms with Gasteiger partial charge in [0.2, 0.25) is 5.91 Å². The van der Waals surface area contributed by atoms with E-state index in [1.54, 1.807) is 6.92 Å². The lowest BCUT2D eigenvalue weighted by molar-refractivity contribution is -0.122. The van der Waals surface area contributed by atoms with Gasteiger partial charge in [0.05, 0.1) is 0 Å².